The molecule has 0 radical (unpaired) electrons. The van der Waals surface area contributed by atoms with Gasteiger partial charge in [-0.15, -0.1) is 0 Å². The lowest BCUT2D eigenvalue weighted by Gasteiger charge is -2.31. The summed E-state index contributed by atoms with van der Waals surface area (Å²) in [7, 11) is -1.57. The molecule has 0 bridgehead atoms. The first-order chi connectivity index (χ1) is 10.2. The lowest BCUT2D eigenvalue weighted by molar-refractivity contribution is -0.165. The molecule has 1 rings (SSSR count). The molecule has 0 amide bonds. The van der Waals surface area contributed by atoms with Crippen LogP contribution in [0.3, 0.4) is 0 Å². The summed E-state index contributed by atoms with van der Waals surface area (Å²) in [5.74, 6) is 0.313. The van der Waals surface area contributed by atoms with Crippen molar-refractivity contribution in [2.75, 3.05) is 19.8 Å². The van der Waals surface area contributed by atoms with Crippen LogP contribution in [0.4, 0.5) is 0 Å². The molecule has 0 aliphatic rings. The number of furan rings is 1. The second-order valence-electron chi connectivity index (χ2n) is 6.67. The highest BCUT2D eigenvalue weighted by Crippen LogP contribution is 2.38. The van der Waals surface area contributed by atoms with Crippen LogP contribution in [0.5, 0.6) is 0 Å². The van der Waals surface area contributed by atoms with Gasteiger partial charge < -0.3 is 18.3 Å². The molecule has 126 valence electrons. The number of carbonyl (C=O) groups excluding carboxylic acids is 1. The molecule has 6 heteroatoms. The molecule has 0 aliphatic heterocycles. The van der Waals surface area contributed by atoms with Gasteiger partial charge in [0, 0.05) is 0 Å². The van der Waals surface area contributed by atoms with Crippen LogP contribution < -0.4 is 0 Å². The highest BCUT2D eigenvalue weighted by molar-refractivity contribution is 6.69. The van der Waals surface area contributed by atoms with Gasteiger partial charge >= 0.3 is 5.97 Å². The minimum atomic E-state index is -1.57. The predicted octanol–water partition coefficient (Wildman–Crippen LogP) is 3.78. The SMILES string of the molecule is CCOC(=O)C(C)(C)[C@@H](OCCO[Si](C)(C)C)c1ccco1. The lowest BCUT2D eigenvalue weighted by atomic mass is 9.85. The largest absolute Gasteiger partial charge is 0.467 e. The van der Waals surface area contributed by atoms with Gasteiger partial charge in [0.05, 0.1) is 31.5 Å². The fraction of sp³-hybridized carbons (Fsp3) is 0.688. The molecule has 0 N–H and O–H groups in total. The van der Waals surface area contributed by atoms with Gasteiger partial charge in [-0.2, -0.15) is 0 Å². The van der Waals surface area contributed by atoms with E-state index in [-0.39, 0.29) is 5.97 Å². The Labute approximate surface area is 134 Å². The molecule has 1 heterocycles. The molecule has 0 fully saturated rings. The van der Waals surface area contributed by atoms with Crippen molar-refractivity contribution in [2.24, 2.45) is 5.41 Å². The third-order valence-electron chi connectivity index (χ3n) is 3.16. The third kappa shape index (κ3) is 5.59. The average molecular weight is 328 g/mol. The first-order valence-corrected chi connectivity index (χ1v) is 11.1. The van der Waals surface area contributed by atoms with Gasteiger partial charge in [0.1, 0.15) is 11.9 Å². The Kier molecular flexibility index (Phi) is 6.84. The summed E-state index contributed by atoms with van der Waals surface area (Å²) in [5, 5.41) is 0. The molecule has 0 saturated heterocycles. The van der Waals surface area contributed by atoms with Crippen LogP contribution in [0.1, 0.15) is 32.6 Å². The fourth-order valence-electron chi connectivity index (χ4n) is 2.02. The van der Waals surface area contributed by atoms with Crippen LogP contribution in [0, 0.1) is 5.41 Å². The van der Waals surface area contributed by atoms with E-state index < -0.39 is 19.8 Å². The third-order valence-corrected chi connectivity index (χ3v) is 4.23. The molecule has 0 aliphatic carbocycles. The molecule has 1 atom stereocenters. The van der Waals surface area contributed by atoms with Crippen molar-refractivity contribution in [3.05, 3.63) is 24.2 Å². The van der Waals surface area contributed by atoms with E-state index in [1.807, 2.05) is 6.07 Å². The zero-order chi connectivity index (χ0) is 16.8. The summed E-state index contributed by atoms with van der Waals surface area (Å²) in [6.07, 6.45) is 1.07. The van der Waals surface area contributed by atoms with E-state index in [1.165, 1.54) is 0 Å². The zero-order valence-corrected chi connectivity index (χ0v) is 15.5. The Morgan fingerprint density at radius 3 is 2.50 bits per heavy atom. The monoisotopic (exact) mass is 328 g/mol. The topological polar surface area (TPSA) is 57.9 Å². The molecule has 0 aromatic carbocycles. The van der Waals surface area contributed by atoms with Crippen molar-refractivity contribution >= 4 is 14.3 Å². The molecule has 5 nitrogen and oxygen atoms in total. The summed E-state index contributed by atoms with van der Waals surface area (Å²) in [5.41, 5.74) is -0.840. The van der Waals surface area contributed by atoms with Crippen LogP contribution in [0.2, 0.25) is 19.6 Å². The van der Waals surface area contributed by atoms with E-state index in [0.29, 0.717) is 25.6 Å². The van der Waals surface area contributed by atoms with E-state index in [0.717, 1.165) is 0 Å². The maximum absolute atomic E-state index is 12.2. The van der Waals surface area contributed by atoms with Gasteiger partial charge in [0.2, 0.25) is 0 Å². The number of hydrogen-bond acceptors (Lipinski definition) is 5. The number of hydrogen-bond donors (Lipinski definition) is 0. The smallest absolute Gasteiger partial charge is 0.314 e. The standard InChI is InChI=1S/C16H28O5Si/c1-7-18-15(17)16(2,3)14(13-9-8-10-19-13)20-11-12-21-22(4,5)6/h8-10,14H,7,11-12H2,1-6H3/t14-/m0/s1. The summed E-state index contributed by atoms with van der Waals surface area (Å²) in [4.78, 5) is 12.2. The van der Waals surface area contributed by atoms with Crippen LogP contribution in [-0.4, -0.2) is 34.1 Å². The van der Waals surface area contributed by atoms with Gasteiger partial charge in [-0.05, 0) is 52.5 Å². The van der Waals surface area contributed by atoms with E-state index in [1.54, 1.807) is 33.1 Å². The Bertz CT molecular complexity index is 448. The summed E-state index contributed by atoms with van der Waals surface area (Å²) < 4.78 is 22.3. The minimum absolute atomic E-state index is 0.303. The first kappa shape index (κ1) is 18.9. The van der Waals surface area contributed by atoms with Gasteiger partial charge in [-0.1, -0.05) is 0 Å². The lowest BCUT2D eigenvalue weighted by Crippen LogP contribution is -2.36. The summed E-state index contributed by atoms with van der Waals surface area (Å²) in [6, 6.07) is 3.59. The molecule has 0 spiro atoms. The molecular weight excluding hydrogens is 300 g/mol. The van der Waals surface area contributed by atoms with E-state index in [9.17, 15) is 4.79 Å². The number of rotatable bonds is 9. The van der Waals surface area contributed by atoms with Crippen LogP contribution in [0.25, 0.3) is 0 Å². The van der Waals surface area contributed by atoms with Crippen LogP contribution >= 0.6 is 0 Å². The first-order valence-electron chi connectivity index (χ1n) is 7.64. The maximum atomic E-state index is 12.2. The quantitative estimate of drug-likeness (QED) is 0.392. The normalized spacial score (nSPS) is 13.9. The molecule has 1 aromatic heterocycles. The Balaban J connectivity index is 2.75. The molecular formula is C16H28O5Si. The van der Waals surface area contributed by atoms with Crippen LogP contribution in [0.15, 0.2) is 22.8 Å². The van der Waals surface area contributed by atoms with E-state index in [4.69, 9.17) is 18.3 Å². The predicted molar refractivity (Wildman–Crippen MR) is 87.1 cm³/mol. The Morgan fingerprint density at radius 1 is 1.32 bits per heavy atom. The number of esters is 1. The van der Waals surface area contributed by atoms with Crippen molar-refractivity contribution in [2.45, 2.75) is 46.5 Å². The highest BCUT2D eigenvalue weighted by Gasteiger charge is 2.41. The minimum Gasteiger partial charge on any atom is -0.467 e. The summed E-state index contributed by atoms with van der Waals surface area (Å²) in [6.45, 7) is 13.0. The highest BCUT2D eigenvalue weighted by atomic mass is 28.4. The number of ether oxygens (including phenoxy) is 2. The van der Waals surface area contributed by atoms with Gasteiger partial charge in [-0.25, -0.2) is 0 Å². The second-order valence-corrected chi connectivity index (χ2v) is 11.2. The molecule has 0 saturated carbocycles. The molecule has 1 aromatic rings. The fourth-order valence-corrected chi connectivity index (χ4v) is 2.72. The zero-order valence-electron chi connectivity index (χ0n) is 14.5. The van der Waals surface area contributed by atoms with E-state index in [2.05, 4.69) is 19.6 Å². The van der Waals surface area contributed by atoms with Gasteiger partial charge in [0.25, 0.3) is 0 Å². The maximum Gasteiger partial charge on any atom is 0.314 e. The summed E-state index contributed by atoms with van der Waals surface area (Å²) >= 11 is 0. The average Bonchev–Trinajstić information content (AvgIpc) is 2.90. The van der Waals surface area contributed by atoms with Gasteiger partial charge in [-0.3, -0.25) is 4.79 Å². The second kappa shape index (κ2) is 7.94. The van der Waals surface area contributed by atoms with Crippen molar-refractivity contribution in [3.8, 4) is 0 Å². The van der Waals surface area contributed by atoms with E-state index >= 15 is 0 Å². The van der Waals surface area contributed by atoms with Crippen molar-refractivity contribution in [1.29, 1.82) is 0 Å². The van der Waals surface area contributed by atoms with Crippen molar-refractivity contribution in [1.82, 2.24) is 0 Å². The van der Waals surface area contributed by atoms with Crippen molar-refractivity contribution < 1.29 is 23.1 Å². The van der Waals surface area contributed by atoms with Crippen molar-refractivity contribution in [3.63, 3.8) is 0 Å². The van der Waals surface area contributed by atoms with Crippen LogP contribution in [-0.2, 0) is 18.7 Å². The Morgan fingerprint density at radius 2 is 2.00 bits per heavy atom. The molecule has 0 unspecified atom stereocenters. The Hall–Kier alpha value is -1.11. The molecule has 22 heavy (non-hydrogen) atoms. The number of carbonyl (C=O) groups is 1. The van der Waals surface area contributed by atoms with Gasteiger partial charge in [0.15, 0.2) is 8.32 Å².